The SMILES string of the molecule is CCNC(=O)C1CCCN(c2ncccc2C(=O)OCC)C1. The molecule has 0 saturated carbocycles. The molecule has 22 heavy (non-hydrogen) atoms. The number of piperidine rings is 1. The van der Waals surface area contributed by atoms with Crippen LogP contribution in [0.2, 0.25) is 0 Å². The number of hydrogen-bond acceptors (Lipinski definition) is 5. The number of esters is 1. The number of anilines is 1. The number of pyridine rings is 1. The molecule has 6 nitrogen and oxygen atoms in total. The molecular formula is C16H23N3O3. The number of nitrogens with zero attached hydrogens (tertiary/aromatic N) is 2. The molecule has 0 spiro atoms. The fourth-order valence-corrected chi connectivity index (χ4v) is 2.72. The summed E-state index contributed by atoms with van der Waals surface area (Å²) in [5.41, 5.74) is 0.459. The van der Waals surface area contributed by atoms with Crippen molar-refractivity contribution in [2.24, 2.45) is 5.92 Å². The Labute approximate surface area is 130 Å². The number of rotatable bonds is 5. The first kappa shape index (κ1) is 16.3. The molecule has 1 unspecified atom stereocenters. The van der Waals surface area contributed by atoms with Gasteiger partial charge < -0.3 is 15.0 Å². The van der Waals surface area contributed by atoms with Gasteiger partial charge in [-0.05, 0) is 38.8 Å². The minimum Gasteiger partial charge on any atom is -0.462 e. The summed E-state index contributed by atoms with van der Waals surface area (Å²) in [6.07, 6.45) is 3.43. The van der Waals surface area contributed by atoms with Crippen molar-refractivity contribution >= 4 is 17.7 Å². The third kappa shape index (κ3) is 3.75. The summed E-state index contributed by atoms with van der Waals surface area (Å²) < 4.78 is 5.09. The Bertz CT molecular complexity index is 533. The lowest BCUT2D eigenvalue weighted by Crippen LogP contribution is -2.43. The fourth-order valence-electron chi connectivity index (χ4n) is 2.72. The summed E-state index contributed by atoms with van der Waals surface area (Å²) in [6, 6.07) is 3.44. The first-order valence-corrected chi connectivity index (χ1v) is 7.82. The molecular weight excluding hydrogens is 282 g/mol. The molecule has 2 rings (SSSR count). The first-order valence-electron chi connectivity index (χ1n) is 7.82. The highest BCUT2D eigenvalue weighted by Crippen LogP contribution is 2.25. The maximum Gasteiger partial charge on any atom is 0.341 e. The smallest absolute Gasteiger partial charge is 0.341 e. The van der Waals surface area contributed by atoms with Crippen molar-refractivity contribution in [2.75, 3.05) is 31.1 Å². The van der Waals surface area contributed by atoms with E-state index in [0.29, 0.717) is 31.1 Å². The molecule has 1 N–H and O–H groups in total. The van der Waals surface area contributed by atoms with Gasteiger partial charge in [0.05, 0.1) is 12.5 Å². The van der Waals surface area contributed by atoms with E-state index >= 15 is 0 Å². The average Bonchev–Trinajstić information content (AvgIpc) is 2.55. The molecule has 2 heterocycles. The predicted octanol–water partition coefficient (Wildman–Crippen LogP) is 1.61. The average molecular weight is 305 g/mol. The zero-order valence-corrected chi connectivity index (χ0v) is 13.2. The first-order chi connectivity index (χ1) is 10.7. The van der Waals surface area contributed by atoms with Gasteiger partial charge in [0.15, 0.2) is 0 Å². The van der Waals surface area contributed by atoms with Gasteiger partial charge in [0.25, 0.3) is 0 Å². The van der Waals surface area contributed by atoms with E-state index < -0.39 is 0 Å². The van der Waals surface area contributed by atoms with Crippen LogP contribution < -0.4 is 10.2 Å². The monoisotopic (exact) mass is 305 g/mol. The lowest BCUT2D eigenvalue weighted by Gasteiger charge is -2.33. The Balaban J connectivity index is 2.17. The predicted molar refractivity (Wildman–Crippen MR) is 83.8 cm³/mol. The zero-order valence-electron chi connectivity index (χ0n) is 13.2. The molecule has 1 aliphatic rings. The largest absolute Gasteiger partial charge is 0.462 e. The molecule has 0 bridgehead atoms. The highest BCUT2D eigenvalue weighted by Gasteiger charge is 2.28. The van der Waals surface area contributed by atoms with E-state index in [0.717, 1.165) is 19.4 Å². The van der Waals surface area contributed by atoms with Crippen molar-refractivity contribution in [3.8, 4) is 0 Å². The standard InChI is InChI=1S/C16H23N3O3/c1-3-17-15(20)12-7-6-10-19(11-12)14-13(8-5-9-18-14)16(21)22-4-2/h5,8-9,12H,3-4,6-7,10-11H2,1-2H3,(H,17,20). The van der Waals surface area contributed by atoms with Gasteiger partial charge in [-0.2, -0.15) is 0 Å². The third-order valence-electron chi connectivity index (χ3n) is 3.72. The lowest BCUT2D eigenvalue weighted by atomic mass is 9.96. The molecule has 0 radical (unpaired) electrons. The van der Waals surface area contributed by atoms with Gasteiger partial charge >= 0.3 is 5.97 Å². The van der Waals surface area contributed by atoms with Crippen molar-refractivity contribution in [1.29, 1.82) is 0 Å². The van der Waals surface area contributed by atoms with Gasteiger partial charge in [-0.15, -0.1) is 0 Å². The van der Waals surface area contributed by atoms with E-state index in [9.17, 15) is 9.59 Å². The Morgan fingerprint density at radius 1 is 1.45 bits per heavy atom. The Morgan fingerprint density at radius 2 is 2.27 bits per heavy atom. The van der Waals surface area contributed by atoms with E-state index in [-0.39, 0.29) is 17.8 Å². The molecule has 1 aromatic heterocycles. The van der Waals surface area contributed by atoms with Crippen molar-refractivity contribution < 1.29 is 14.3 Å². The molecule has 0 aliphatic carbocycles. The highest BCUT2D eigenvalue weighted by molar-refractivity contribution is 5.95. The van der Waals surface area contributed by atoms with Crippen LogP contribution in [-0.4, -0.2) is 43.1 Å². The minimum absolute atomic E-state index is 0.0641. The van der Waals surface area contributed by atoms with Crippen LogP contribution >= 0.6 is 0 Å². The van der Waals surface area contributed by atoms with Crippen molar-refractivity contribution in [1.82, 2.24) is 10.3 Å². The Hall–Kier alpha value is -2.11. The molecule has 1 saturated heterocycles. The molecule has 1 aliphatic heterocycles. The molecule has 6 heteroatoms. The van der Waals surface area contributed by atoms with Crippen LogP contribution in [0.4, 0.5) is 5.82 Å². The van der Waals surface area contributed by atoms with Gasteiger partial charge in [0.2, 0.25) is 5.91 Å². The van der Waals surface area contributed by atoms with E-state index in [1.807, 2.05) is 11.8 Å². The van der Waals surface area contributed by atoms with E-state index in [4.69, 9.17) is 4.74 Å². The summed E-state index contributed by atoms with van der Waals surface area (Å²) in [5.74, 6) is 0.243. The second kappa shape index (κ2) is 7.77. The van der Waals surface area contributed by atoms with Gasteiger partial charge in [0, 0.05) is 25.8 Å². The van der Waals surface area contributed by atoms with E-state index in [1.165, 1.54) is 0 Å². The number of carbonyl (C=O) groups excluding carboxylic acids is 2. The summed E-state index contributed by atoms with van der Waals surface area (Å²) in [5, 5.41) is 2.87. The van der Waals surface area contributed by atoms with Crippen molar-refractivity contribution in [3.63, 3.8) is 0 Å². The molecule has 0 aromatic carbocycles. The normalized spacial score (nSPS) is 17.9. The van der Waals surface area contributed by atoms with Crippen LogP contribution in [0.25, 0.3) is 0 Å². The van der Waals surface area contributed by atoms with Crippen LogP contribution in [0.3, 0.4) is 0 Å². The number of carbonyl (C=O) groups is 2. The summed E-state index contributed by atoms with van der Waals surface area (Å²) >= 11 is 0. The lowest BCUT2D eigenvalue weighted by molar-refractivity contribution is -0.125. The fraction of sp³-hybridized carbons (Fsp3) is 0.562. The van der Waals surface area contributed by atoms with Crippen LogP contribution in [0, 0.1) is 5.92 Å². The molecule has 1 amide bonds. The maximum absolute atomic E-state index is 12.1. The number of nitrogens with one attached hydrogen (secondary N) is 1. The van der Waals surface area contributed by atoms with Crippen LogP contribution in [0.1, 0.15) is 37.0 Å². The van der Waals surface area contributed by atoms with Gasteiger partial charge in [0.1, 0.15) is 11.4 Å². The third-order valence-corrected chi connectivity index (χ3v) is 3.72. The highest BCUT2D eigenvalue weighted by atomic mass is 16.5. The number of amides is 1. The van der Waals surface area contributed by atoms with Crippen molar-refractivity contribution in [2.45, 2.75) is 26.7 Å². The zero-order chi connectivity index (χ0) is 15.9. The van der Waals surface area contributed by atoms with Crippen LogP contribution in [0.15, 0.2) is 18.3 Å². The Kier molecular flexibility index (Phi) is 5.75. The number of ether oxygens (including phenoxy) is 1. The topological polar surface area (TPSA) is 71.5 Å². The van der Waals surface area contributed by atoms with E-state index in [1.54, 1.807) is 25.3 Å². The second-order valence-corrected chi connectivity index (χ2v) is 5.27. The number of aromatic nitrogens is 1. The van der Waals surface area contributed by atoms with Crippen molar-refractivity contribution in [3.05, 3.63) is 23.9 Å². The Morgan fingerprint density at radius 3 is 3.00 bits per heavy atom. The van der Waals surface area contributed by atoms with E-state index in [2.05, 4.69) is 10.3 Å². The van der Waals surface area contributed by atoms with Gasteiger partial charge in [-0.25, -0.2) is 9.78 Å². The second-order valence-electron chi connectivity index (χ2n) is 5.27. The van der Waals surface area contributed by atoms with Crippen LogP contribution in [-0.2, 0) is 9.53 Å². The minimum atomic E-state index is -0.370. The van der Waals surface area contributed by atoms with Gasteiger partial charge in [-0.3, -0.25) is 4.79 Å². The molecule has 1 fully saturated rings. The summed E-state index contributed by atoms with van der Waals surface area (Å²) in [4.78, 5) is 30.5. The summed E-state index contributed by atoms with van der Waals surface area (Å²) in [6.45, 7) is 6.02. The van der Waals surface area contributed by atoms with Crippen LogP contribution in [0.5, 0.6) is 0 Å². The maximum atomic E-state index is 12.1. The molecule has 1 atom stereocenters. The molecule has 1 aromatic rings. The number of hydrogen-bond donors (Lipinski definition) is 1. The summed E-state index contributed by atoms with van der Waals surface area (Å²) in [7, 11) is 0. The molecule has 120 valence electrons. The van der Waals surface area contributed by atoms with Gasteiger partial charge in [-0.1, -0.05) is 0 Å². The quantitative estimate of drug-likeness (QED) is 0.837.